The molecule has 0 amide bonds. The number of β-amino-alcohol motifs (C(OH)–C–C–N with tert-alkyl or cyclic N) is 1. The molecule has 104 valence electrons. The van der Waals surface area contributed by atoms with Gasteiger partial charge in [0.15, 0.2) is 11.5 Å². The predicted molar refractivity (Wildman–Crippen MR) is 72.3 cm³/mol. The predicted octanol–water partition coefficient (Wildman–Crippen LogP) is 2.15. The number of aliphatic hydroxyl groups excluding tert-OH is 1. The Kier molecular flexibility index (Phi) is 3.15. The Hall–Kier alpha value is -1.26. The number of piperidine rings is 1. The van der Waals surface area contributed by atoms with E-state index in [0.717, 1.165) is 37.4 Å². The van der Waals surface area contributed by atoms with Crippen LogP contribution in [-0.4, -0.2) is 35.0 Å². The monoisotopic (exact) mass is 263 g/mol. The van der Waals surface area contributed by atoms with Crippen molar-refractivity contribution in [2.24, 2.45) is 0 Å². The molecule has 2 heterocycles. The first-order valence-corrected chi connectivity index (χ1v) is 6.86. The van der Waals surface area contributed by atoms with Gasteiger partial charge in [-0.05, 0) is 44.4 Å². The summed E-state index contributed by atoms with van der Waals surface area (Å²) in [6, 6.07) is 6.08. The highest BCUT2D eigenvalue weighted by atomic mass is 16.7. The Morgan fingerprint density at radius 2 is 2.11 bits per heavy atom. The lowest BCUT2D eigenvalue weighted by molar-refractivity contribution is -0.00961. The van der Waals surface area contributed by atoms with E-state index >= 15 is 0 Å². The van der Waals surface area contributed by atoms with Crippen LogP contribution in [0.5, 0.6) is 11.5 Å². The van der Waals surface area contributed by atoms with Crippen molar-refractivity contribution in [2.45, 2.75) is 44.9 Å². The topological polar surface area (TPSA) is 41.9 Å². The fourth-order valence-electron chi connectivity index (χ4n) is 2.81. The molecular formula is C15H21NO3. The standard InChI is InChI=1S/C15H21NO3/c1-15(2)6-5-12(17)9-16(15)8-11-3-4-13-14(7-11)19-10-18-13/h3-4,7,12,17H,5-6,8-10H2,1-2H3. The van der Waals surface area contributed by atoms with Gasteiger partial charge in [0, 0.05) is 18.6 Å². The SMILES string of the molecule is CC1(C)CCC(O)CN1Cc1ccc2c(c1)OCO2. The van der Waals surface area contributed by atoms with Crippen LogP contribution in [0.3, 0.4) is 0 Å². The van der Waals surface area contributed by atoms with Gasteiger partial charge < -0.3 is 14.6 Å². The molecule has 1 atom stereocenters. The van der Waals surface area contributed by atoms with Crippen molar-refractivity contribution in [3.63, 3.8) is 0 Å². The zero-order chi connectivity index (χ0) is 13.5. The normalized spacial score (nSPS) is 25.5. The zero-order valence-corrected chi connectivity index (χ0v) is 11.6. The van der Waals surface area contributed by atoms with Crippen molar-refractivity contribution >= 4 is 0 Å². The number of benzene rings is 1. The molecule has 0 bridgehead atoms. The highest BCUT2D eigenvalue weighted by Gasteiger charge is 2.33. The van der Waals surface area contributed by atoms with Gasteiger partial charge in [-0.3, -0.25) is 4.90 Å². The quantitative estimate of drug-likeness (QED) is 0.887. The van der Waals surface area contributed by atoms with Gasteiger partial charge in [-0.2, -0.15) is 0 Å². The molecule has 0 spiro atoms. The summed E-state index contributed by atoms with van der Waals surface area (Å²) < 4.78 is 10.7. The minimum atomic E-state index is -0.206. The Bertz CT molecular complexity index is 472. The Morgan fingerprint density at radius 3 is 2.95 bits per heavy atom. The first kappa shape index (κ1) is 12.8. The van der Waals surface area contributed by atoms with Crippen molar-refractivity contribution in [3.8, 4) is 11.5 Å². The van der Waals surface area contributed by atoms with Crippen molar-refractivity contribution < 1.29 is 14.6 Å². The fourth-order valence-corrected chi connectivity index (χ4v) is 2.81. The summed E-state index contributed by atoms with van der Waals surface area (Å²) in [5.41, 5.74) is 1.33. The molecular weight excluding hydrogens is 242 g/mol. The van der Waals surface area contributed by atoms with Gasteiger partial charge in [0.05, 0.1) is 6.10 Å². The lowest BCUT2D eigenvalue weighted by atomic mass is 9.88. The molecule has 0 saturated carbocycles. The number of ether oxygens (including phenoxy) is 2. The van der Waals surface area contributed by atoms with Gasteiger partial charge in [0.25, 0.3) is 0 Å². The molecule has 1 N–H and O–H groups in total. The maximum atomic E-state index is 9.86. The molecule has 1 aromatic carbocycles. The summed E-state index contributed by atoms with van der Waals surface area (Å²) in [6.45, 7) is 6.37. The van der Waals surface area contributed by atoms with E-state index in [9.17, 15) is 5.11 Å². The van der Waals surface area contributed by atoms with E-state index in [2.05, 4.69) is 24.8 Å². The second kappa shape index (κ2) is 4.69. The van der Waals surface area contributed by atoms with E-state index in [4.69, 9.17) is 9.47 Å². The zero-order valence-electron chi connectivity index (χ0n) is 11.6. The lowest BCUT2D eigenvalue weighted by Gasteiger charge is -2.44. The van der Waals surface area contributed by atoms with E-state index in [-0.39, 0.29) is 11.6 Å². The summed E-state index contributed by atoms with van der Waals surface area (Å²) in [7, 11) is 0. The third kappa shape index (κ3) is 2.55. The van der Waals surface area contributed by atoms with Crippen molar-refractivity contribution in [1.29, 1.82) is 0 Å². The molecule has 1 saturated heterocycles. The first-order chi connectivity index (χ1) is 9.04. The van der Waals surface area contributed by atoms with E-state index in [1.165, 1.54) is 5.56 Å². The number of rotatable bonds is 2. The maximum absolute atomic E-state index is 9.86. The summed E-state index contributed by atoms with van der Waals surface area (Å²) >= 11 is 0. The Balaban J connectivity index is 1.76. The molecule has 0 aliphatic carbocycles. The van der Waals surface area contributed by atoms with Crippen molar-refractivity contribution in [1.82, 2.24) is 4.90 Å². The van der Waals surface area contributed by atoms with Crippen LogP contribution in [0, 0.1) is 0 Å². The van der Waals surface area contributed by atoms with Crippen LogP contribution < -0.4 is 9.47 Å². The van der Waals surface area contributed by atoms with E-state index in [1.807, 2.05) is 12.1 Å². The number of hydrogen-bond donors (Lipinski definition) is 1. The molecule has 0 aromatic heterocycles. The van der Waals surface area contributed by atoms with Crippen LogP contribution >= 0.6 is 0 Å². The average Bonchev–Trinajstić information content (AvgIpc) is 2.82. The third-order valence-electron chi connectivity index (χ3n) is 4.19. The summed E-state index contributed by atoms with van der Waals surface area (Å²) in [4.78, 5) is 2.35. The minimum Gasteiger partial charge on any atom is -0.454 e. The smallest absolute Gasteiger partial charge is 0.231 e. The van der Waals surface area contributed by atoms with Crippen molar-refractivity contribution in [2.75, 3.05) is 13.3 Å². The Labute approximate surface area is 113 Å². The maximum Gasteiger partial charge on any atom is 0.231 e. The molecule has 4 nitrogen and oxygen atoms in total. The van der Waals surface area contributed by atoms with Crippen LogP contribution in [0.2, 0.25) is 0 Å². The molecule has 0 radical (unpaired) electrons. The molecule has 2 aliphatic heterocycles. The Morgan fingerprint density at radius 1 is 1.32 bits per heavy atom. The first-order valence-electron chi connectivity index (χ1n) is 6.86. The summed E-state index contributed by atoms with van der Waals surface area (Å²) in [5.74, 6) is 1.65. The van der Waals surface area contributed by atoms with Gasteiger partial charge >= 0.3 is 0 Å². The van der Waals surface area contributed by atoms with Crippen molar-refractivity contribution in [3.05, 3.63) is 23.8 Å². The summed E-state index contributed by atoms with van der Waals surface area (Å²) in [5, 5.41) is 9.86. The van der Waals surface area contributed by atoms with E-state index < -0.39 is 0 Å². The molecule has 1 fully saturated rings. The molecule has 4 heteroatoms. The summed E-state index contributed by atoms with van der Waals surface area (Å²) in [6.07, 6.45) is 1.71. The van der Waals surface area contributed by atoms with Crippen LogP contribution in [0.1, 0.15) is 32.3 Å². The van der Waals surface area contributed by atoms with Crippen LogP contribution in [0.25, 0.3) is 0 Å². The van der Waals surface area contributed by atoms with E-state index in [1.54, 1.807) is 0 Å². The average molecular weight is 263 g/mol. The number of aliphatic hydroxyl groups is 1. The van der Waals surface area contributed by atoms with Gasteiger partial charge in [-0.25, -0.2) is 0 Å². The van der Waals surface area contributed by atoms with Crippen LogP contribution in [0.4, 0.5) is 0 Å². The second-order valence-corrected chi connectivity index (χ2v) is 6.07. The molecule has 1 aromatic rings. The number of fused-ring (bicyclic) bond motifs is 1. The number of hydrogen-bond acceptors (Lipinski definition) is 4. The van der Waals surface area contributed by atoms with Gasteiger partial charge in [0.2, 0.25) is 6.79 Å². The third-order valence-corrected chi connectivity index (χ3v) is 4.19. The van der Waals surface area contributed by atoms with Crippen LogP contribution in [-0.2, 0) is 6.54 Å². The lowest BCUT2D eigenvalue weighted by Crippen LogP contribution is -2.51. The number of likely N-dealkylation sites (tertiary alicyclic amines) is 1. The van der Waals surface area contributed by atoms with Gasteiger partial charge in [-0.15, -0.1) is 0 Å². The minimum absolute atomic E-state index is 0.135. The molecule has 19 heavy (non-hydrogen) atoms. The molecule has 1 unspecified atom stereocenters. The van der Waals surface area contributed by atoms with Crippen LogP contribution in [0.15, 0.2) is 18.2 Å². The highest BCUT2D eigenvalue weighted by molar-refractivity contribution is 5.44. The second-order valence-electron chi connectivity index (χ2n) is 6.07. The molecule has 2 aliphatic rings. The number of nitrogens with zero attached hydrogens (tertiary/aromatic N) is 1. The van der Waals surface area contributed by atoms with Gasteiger partial charge in [0.1, 0.15) is 0 Å². The molecule has 3 rings (SSSR count). The fraction of sp³-hybridized carbons (Fsp3) is 0.600. The van der Waals surface area contributed by atoms with Gasteiger partial charge in [-0.1, -0.05) is 6.07 Å². The largest absolute Gasteiger partial charge is 0.454 e. The highest BCUT2D eigenvalue weighted by Crippen LogP contribution is 2.34. The van der Waals surface area contributed by atoms with E-state index in [0.29, 0.717) is 6.79 Å².